The fourth-order valence-electron chi connectivity index (χ4n) is 3.16. The number of rotatable bonds is 4. The van der Waals surface area contributed by atoms with Crippen molar-refractivity contribution in [2.24, 2.45) is 0 Å². The summed E-state index contributed by atoms with van der Waals surface area (Å²) < 4.78 is 0.963. The van der Waals surface area contributed by atoms with Crippen LogP contribution >= 0.6 is 11.6 Å². The summed E-state index contributed by atoms with van der Waals surface area (Å²) in [7, 11) is 0. The number of nitrogens with one attached hydrogen (secondary N) is 1. The van der Waals surface area contributed by atoms with Gasteiger partial charge in [-0.05, 0) is 11.6 Å². The second-order valence-electron chi connectivity index (χ2n) is 5.88. The third-order valence-electron chi connectivity index (χ3n) is 4.58. The van der Waals surface area contributed by atoms with Gasteiger partial charge in [-0.1, -0.05) is 29.8 Å². The molecular weight excluding hydrogens is 274 g/mol. The number of fused-ring (bicyclic) bond motifs is 3. The minimum Gasteiger partial charge on any atom is -0.347 e. The maximum absolute atomic E-state index is 12.2. The van der Waals surface area contributed by atoms with Crippen LogP contribution in [0.1, 0.15) is 5.56 Å². The molecule has 1 amide bonds. The number of carbonyl (C=O) groups is 1. The van der Waals surface area contributed by atoms with Crippen LogP contribution in [0.2, 0.25) is 5.02 Å². The molecule has 108 valence electrons. The van der Waals surface area contributed by atoms with Gasteiger partial charge in [0.1, 0.15) is 0 Å². The van der Waals surface area contributed by atoms with E-state index in [1.807, 2.05) is 24.3 Å². The Morgan fingerprint density at radius 3 is 2.50 bits per heavy atom. The highest BCUT2D eigenvalue weighted by Gasteiger charge is 2.39. The van der Waals surface area contributed by atoms with Gasteiger partial charge in [0, 0.05) is 31.2 Å². The van der Waals surface area contributed by atoms with Crippen LogP contribution in [0.4, 0.5) is 0 Å². The predicted molar refractivity (Wildman–Crippen MR) is 79.5 cm³/mol. The van der Waals surface area contributed by atoms with Crippen LogP contribution in [0, 0.1) is 0 Å². The highest BCUT2D eigenvalue weighted by atomic mass is 35.5. The van der Waals surface area contributed by atoms with Crippen molar-refractivity contribution in [3.8, 4) is 0 Å². The maximum Gasteiger partial charge on any atom is 0.275 e. The van der Waals surface area contributed by atoms with Crippen molar-refractivity contribution in [3.05, 3.63) is 34.9 Å². The Hall–Kier alpha value is -1.10. The third kappa shape index (κ3) is 2.97. The summed E-state index contributed by atoms with van der Waals surface area (Å²) in [4.78, 5) is 14.7. The first-order valence-electron chi connectivity index (χ1n) is 7.24. The van der Waals surface area contributed by atoms with Crippen molar-refractivity contribution in [2.75, 3.05) is 45.8 Å². The van der Waals surface area contributed by atoms with E-state index in [1.165, 1.54) is 0 Å². The lowest BCUT2D eigenvalue weighted by atomic mass is 10.1. The topological polar surface area (TPSA) is 32.3 Å². The third-order valence-corrected chi connectivity index (χ3v) is 4.95. The predicted octanol–water partition coefficient (Wildman–Crippen LogP) is 1.10. The molecule has 0 unspecified atom stereocenters. The van der Waals surface area contributed by atoms with Gasteiger partial charge in [0.2, 0.25) is 0 Å². The fourth-order valence-corrected chi connectivity index (χ4v) is 3.37. The van der Waals surface area contributed by atoms with E-state index >= 15 is 0 Å². The van der Waals surface area contributed by atoms with Crippen LogP contribution in [0.15, 0.2) is 24.3 Å². The van der Waals surface area contributed by atoms with Gasteiger partial charge in [0.05, 0.1) is 19.6 Å². The number of amides is 1. The highest BCUT2D eigenvalue weighted by molar-refractivity contribution is 6.31. The Balaban J connectivity index is 1.54. The van der Waals surface area contributed by atoms with Gasteiger partial charge >= 0.3 is 0 Å². The van der Waals surface area contributed by atoms with Gasteiger partial charge in [-0.2, -0.15) is 0 Å². The number of carbonyl (C=O) groups excluding carboxylic acids is 1. The number of piperazine rings is 3. The van der Waals surface area contributed by atoms with E-state index in [2.05, 4.69) is 10.2 Å². The molecule has 0 radical (unpaired) electrons. The monoisotopic (exact) mass is 294 g/mol. The Morgan fingerprint density at radius 1 is 1.20 bits per heavy atom. The van der Waals surface area contributed by atoms with Crippen LogP contribution in [0.5, 0.6) is 0 Å². The molecule has 20 heavy (non-hydrogen) atoms. The zero-order valence-corrected chi connectivity index (χ0v) is 12.4. The average molecular weight is 295 g/mol. The standard InChI is InChI=1S/C15H20ClN3O/c16-14-4-2-1-3-13(14)11-17-15(20)12-19-8-5-18(6-9-19)7-10-19/h1-4H,5-12H2/p+1. The summed E-state index contributed by atoms with van der Waals surface area (Å²) in [5, 5.41) is 3.73. The van der Waals surface area contributed by atoms with E-state index < -0.39 is 0 Å². The van der Waals surface area contributed by atoms with Crippen LogP contribution in [0.25, 0.3) is 0 Å². The molecule has 3 fully saturated rings. The number of hydrogen-bond acceptors (Lipinski definition) is 2. The van der Waals surface area contributed by atoms with Crippen molar-refractivity contribution in [2.45, 2.75) is 6.54 Å². The average Bonchev–Trinajstić information content (AvgIpc) is 2.48. The SMILES string of the molecule is O=C(C[N+]12CCN(CC1)CC2)NCc1ccccc1Cl. The molecule has 4 nitrogen and oxygen atoms in total. The maximum atomic E-state index is 12.2. The molecule has 2 bridgehead atoms. The largest absolute Gasteiger partial charge is 0.347 e. The van der Waals surface area contributed by atoms with Crippen LogP contribution < -0.4 is 5.32 Å². The second-order valence-corrected chi connectivity index (χ2v) is 6.29. The molecule has 1 aromatic carbocycles. The van der Waals surface area contributed by atoms with Gasteiger partial charge in [-0.25, -0.2) is 0 Å². The molecule has 0 aliphatic carbocycles. The molecule has 1 N–H and O–H groups in total. The molecule has 4 rings (SSSR count). The summed E-state index contributed by atoms with van der Waals surface area (Å²) in [5.41, 5.74) is 0.978. The zero-order chi connectivity index (χ0) is 14.0. The van der Waals surface area contributed by atoms with Gasteiger partial charge in [0.15, 0.2) is 6.54 Å². The summed E-state index contributed by atoms with van der Waals surface area (Å²) in [6.45, 7) is 7.87. The Labute approximate surface area is 124 Å². The molecule has 3 heterocycles. The normalized spacial score (nSPS) is 28.4. The smallest absolute Gasteiger partial charge is 0.275 e. The fraction of sp³-hybridized carbons (Fsp3) is 0.533. The van der Waals surface area contributed by atoms with E-state index in [1.54, 1.807) is 0 Å². The quantitative estimate of drug-likeness (QED) is 0.844. The van der Waals surface area contributed by atoms with E-state index in [0.29, 0.717) is 18.1 Å². The van der Waals surface area contributed by atoms with Crippen molar-refractivity contribution in [1.82, 2.24) is 10.2 Å². The molecule has 0 aromatic heterocycles. The van der Waals surface area contributed by atoms with Crippen molar-refractivity contribution in [1.29, 1.82) is 0 Å². The number of benzene rings is 1. The van der Waals surface area contributed by atoms with Crippen molar-refractivity contribution < 1.29 is 9.28 Å². The zero-order valence-electron chi connectivity index (χ0n) is 11.6. The molecule has 1 aromatic rings. The first kappa shape index (κ1) is 13.9. The van der Waals surface area contributed by atoms with Gasteiger partial charge in [0.25, 0.3) is 5.91 Å². The molecule has 0 spiro atoms. The summed E-state index contributed by atoms with van der Waals surface area (Å²) in [6, 6.07) is 7.65. The van der Waals surface area contributed by atoms with Crippen LogP contribution in [-0.2, 0) is 11.3 Å². The molecule has 3 aliphatic heterocycles. The Kier molecular flexibility index (Phi) is 3.96. The van der Waals surface area contributed by atoms with Gasteiger partial charge in [-0.3, -0.25) is 9.69 Å². The Bertz CT molecular complexity index is 484. The number of nitrogens with zero attached hydrogens (tertiary/aromatic N) is 2. The highest BCUT2D eigenvalue weighted by Crippen LogP contribution is 2.19. The summed E-state index contributed by atoms with van der Waals surface area (Å²) in [6.07, 6.45) is 0. The minimum absolute atomic E-state index is 0.139. The van der Waals surface area contributed by atoms with Gasteiger partial charge in [-0.15, -0.1) is 0 Å². The molecular formula is C15H21ClN3O+. The van der Waals surface area contributed by atoms with Crippen molar-refractivity contribution >= 4 is 17.5 Å². The lowest BCUT2D eigenvalue weighted by molar-refractivity contribution is -0.933. The van der Waals surface area contributed by atoms with E-state index in [4.69, 9.17) is 11.6 Å². The number of halogens is 1. The van der Waals surface area contributed by atoms with Crippen LogP contribution in [-0.4, -0.2) is 61.1 Å². The lowest BCUT2D eigenvalue weighted by Crippen LogP contribution is -2.69. The lowest BCUT2D eigenvalue weighted by Gasteiger charge is -2.50. The summed E-state index contributed by atoms with van der Waals surface area (Å²) in [5.74, 6) is 0.139. The molecule has 5 heteroatoms. The number of quaternary nitrogens is 1. The second kappa shape index (κ2) is 5.72. The first-order chi connectivity index (χ1) is 9.67. The first-order valence-corrected chi connectivity index (χ1v) is 7.62. The molecule has 0 saturated carbocycles. The summed E-state index contributed by atoms with van der Waals surface area (Å²) >= 11 is 6.10. The molecule has 0 atom stereocenters. The molecule has 3 aliphatic rings. The minimum atomic E-state index is 0.139. The van der Waals surface area contributed by atoms with Crippen molar-refractivity contribution in [3.63, 3.8) is 0 Å². The van der Waals surface area contributed by atoms with Crippen LogP contribution in [0.3, 0.4) is 0 Å². The van der Waals surface area contributed by atoms with E-state index in [9.17, 15) is 4.79 Å². The number of hydrogen-bond donors (Lipinski definition) is 1. The Morgan fingerprint density at radius 2 is 1.85 bits per heavy atom. The van der Waals surface area contributed by atoms with E-state index in [-0.39, 0.29) is 5.91 Å². The van der Waals surface area contributed by atoms with E-state index in [0.717, 1.165) is 49.3 Å². The molecule has 3 saturated heterocycles. The van der Waals surface area contributed by atoms with Gasteiger partial charge < -0.3 is 9.80 Å².